The number of non-ortho nitro benzene ring substituents is 1. The van der Waals surface area contributed by atoms with Gasteiger partial charge in [-0.15, -0.1) is 6.58 Å². The van der Waals surface area contributed by atoms with E-state index >= 15 is 0 Å². The standard InChI is InChI=1S/C24H22N2O3/c1-3-16-25(2)17-18-4-6-19(7-5-18)20-8-10-21(11-9-20)24(27)22-12-14-23(15-13-22)26(28)29/h3-15H,1,16-17H2,2H3. The quantitative estimate of drug-likeness (QED) is 0.234. The smallest absolute Gasteiger partial charge is 0.269 e. The van der Waals surface area contributed by atoms with Crippen molar-refractivity contribution in [2.24, 2.45) is 0 Å². The van der Waals surface area contributed by atoms with E-state index in [1.165, 1.54) is 29.8 Å². The predicted molar refractivity (Wildman–Crippen MR) is 115 cm³/mol. The Kier molecular flexibility index (Phi) is 6.32. The highest BCUT2D eigenvalue weighted by Gasteiger charge is 2.12. The van der Waals surface area contributed by atoms with Crippen molar-refractivity contribution in [2.45, 2.75) is 6.54 Å². The zero-order chi connectivity index (χ0) is 20.8. The Balaban J connectivity index is 1.71. The number of nitro groups is 1. The van der Waals surface area contributed by atoms with Crippen molar-refractivity contribution in [3.63, 3.8) is 0 Å². The summed E-state index contributed by atoms with van der Waals surface area (Å²) in [6.45, 7) is 5.45. The maximum absolute atomic E-state index is 12.6. The first kappa shape index (κ1) is 20.2. The molecule has 0 N–H and O–H groups in total. The van der Waals surface area contributed by atoms with Gasteiger partial charge in [-0.25, -0.2) is 0 Å². The highest BCUT2D eigenvalue weighted by molar-refractivity contribution is 6.09. The lowest BCUT2D eigenvalue weighted by Crippen LogP contribution is -2.17. The second kappa shape index (κ2) is 9.08. The Morgan fingerprint density at radius 1 is 0.931 bits per heavy atom. The van der Waals surface area contributed by atoms with Crippen LogP contribution in [-0.4, -0.2) is 29.2 Å². The van der Waals surface area contributed by atoms with Crippen LogP contribution in [0.2, 0.25) is 0 Å². The Hall–Kier alpha value is -3.57. The van der Waals surface area contributed by atoms with Crippen molar-refractivity contribution < 1.29 is 9.72 Å². The maximum atomic E-state index is 12.6. The van der Waals surface area contributed by atoms with Gasteiger partial charge in [0.15, 0.2) is 5.78 Å². The van der Waals surface area contributed by atoms with Gasteiger partial charge >= 0.3 is 0 Å². The van der Waals surface area contributed by atoms with Crippen molar-refractivity contribution in [3.8, 4) is 11.1 Å². The molecule has 3 aromatic rings. The molecule has 5 nitrogen and oxygen atoms in total. The van der Waals surface area contributed by atoms with Crippen LogP contribution in [0.3, 0.4) is 0 Å². The molecule has 0 fully saturated rings. The first-order valence-electron chi connectivity index (χ1n) is 9.26. The summed E-state index contributed by atoms with van der Waals surface area (Å²) in [6, 6.07) is 21.4. The van der Waals surface area contributed by atoms with Gasteiger partial charge in [0.1, 0.15) is 0 Å². The monoisotopic (exact) mass is 386 g/mol. The summed E-state index contributed by atoms with van der Waals surface area (Å²) in [5.74, 6) is -0.160. The van der Waals surface area contributed by atoms with Crippen LogP contribution >= 0.6 is 0 Å². The van der Waals surface area contributed by atoms with Crippen LogP contribution in [-0.2, 0) is 6.54 Å². The first-order valence-corrected chi connectivity index (χ1v) is 9.26. The summed E-state index contributed by atoms with van der Waals surface area (Å²) < 4.78 is 0. The van der Waals surface area contributed by atoms with Crippen LogP contribution in [0.5, 0.6) is 0 Å². The molecule has 0 aliphatic carbocycles. The molecule has 0 spiro atoms. The number of benzene rings is 3. The molecule has 5 heteroatoms. The van der Waals surface area contributed by atoms with Crippen LogP contribution in [0.15, 0.2) is 85.5 Å². The molecule has 0 bridgehead atoms. The summed E-state index contributed by atoms with van der Waals surface area (Å²) in [5.41, 5.74) is 4.27. The van der Waals surface area contributed by atoms with Gasteiger partial charge < -0.3 is 0 Å². The van der Waals surface area contributed by atoms with Crippen molar-refractivity contribution >= 4 is 11.5 Å². The van der Waals surface area contributed by atoms with Crippen molar-refractivity contribution in [1.82, 2.24) is 4.90 Å². The molecule has 0 aliphatic rings. The van der Waals surface area contributed by atoms with Crippen LogP contribution in [0.25, 0.3) is 11.1 Å². The van der Waals surface area contributed by atoms with E-state index in [9.17, 15) is 14.9 Å². The molecule has 29 heavy (non-hydrogen) atoms. The average molecular weight is 386 g/mol. The molecule has 0 unspecified atom stereocenters. The van der Waals surface area contributed by atoms with E-state index in [0.29, 0.717) is 11.1 Å². The third kappa shape index (κ3) is 5.03. The van der Waals surface area contributed by atoms with Crippen LogP contribution in [0.4, 0.5) is 5.69 Å². The lowest BCUT2D eigenvalue weighted by Gasteiger charge is -2.14. The second-order valence-electron chi connectivity index (χ2n) is 6.89. The van der Waals surface area contributed by atoms with E-state index in [1.807, 2.05) is 18.2 Å². The fourth-order valence-electron chi connectivity index (χ4n) is 3.11. The molecule has 0 radical (unpaired) electrons. The molecule has 0 heterocycles. The number of nitrogens with zero attached hydrogens (tertiary/aromatic N) is 2. The molecular formula is C24H22N2O3. The minimum atomic E-state index is -0.480. The number of rotatable bonds is 8. The van der Waals surface area contributed by atoms with E-state index in [4.69, 9.17) is 0 Å². The van der Waals surface area contributed by atoms with Crippen molar-refractivity contribution in [3.05, 3.63) is 112 Å². The van der Waals surface area contributed by atoms with Gasteiger partial charge in [0.05, 0.1) is 4.92 Å². The number of hydrogen-bond acceptors (Lipinski definition) is 4. The number of carbonyl (C=O) groups is 1. The average Bonchev–Trinajstić information content (AvgIpc) is 2.74. The van der Waals surface area contributed by atoms with Gasteiger partial charge in [0.25, 0.3) is 5.69 Å². The molecule has 0 atom stereocenters. The Morgan fingerprint density at radius 2 is 1.41 bits per heavy atom. The molecular weight excluding hydrogens is 364 g/mol. The van der Waals surface area contributed by atoms with E-state index in [2.05, 4.69) is 42.8 Å². The van der Waals surface area contributed by atoms with Gasteiger partial charge in [-0.1, -0.05) is 54.6 Å². The number of hydrogen-bond donors (Lipinski definition) is 0. The van der Waals surface area contributed by atoms with Crippen molar-refractivity contribution in [2.75, 3.05) is 13.6 Å². The van der Waals surface area contributed by atoms with Gasteiger partial charge in [-0.05, 0) is 35.9 Å². The van der Waals surface area contributed by atoms with E-state index < -0.39 is 4.92 Å². The summed E-state index contributed by atoms with van der Waals surface area (Å²) in [7, 11) is 2.05. The zero-order valence-corrected chi connectivity index (χ0v) is 16.2. The first-order chi connectivity index (χ1) is 14.0. The number of likely N-dealkylation sites (N-methyl/N-ethyl adjacent to an activating group) is 1. The fourth-order valence-corrected chi connectivity index (χ4v) is 3.11. The van der Waals surface area contributed by atoms with Gasteiger partial charge in [0, 0.05) is 36.3 Å². The summed E-state index contributed by atoms with van der Waals surface area (Å²) in [5, 5.41) is 10.7. The van der Waals surface area contributed by atoms with Gasteiger partial charge in [0.2, 0.25) is 0 Å². The topological polar surface area (TPSA) is 63.5 Å². The van der Waals surface area contributed by atoms with Crippen LogP contribution in [0, 0.1) is 10.1 Å². The fraction of sp³-hybridized carbons (Fsp3) is 0.125. The molecule has 0 aromatic heterocycles. The highest BCUT2D eigenvalue weighted by Crippen LogP contribution is 2.22. The third-order valence-corrected chi connectivity index (χ3v) is 4.67. The SMILES string of the molecule is C=CCN(C)Cc1ccc(-c2ccc(C(=O)c3ccc([N+](=O)[O-])cc3)cc2)cc1. The van der Waals surface area contributed by atoms with Gasteiger partial charge in [-0.2, -0.15) is 0 Å². The summed E-state index contributed by atoms with van der Waals surface area (Å²) in [6.07, 6.45) is 1.88. The number of ketones is 1. The van der Waals surface area contributed by atoms with E-state index in [-0.39, 0.29) is 11.5 Å². The normalized spacial score (nSPS) is 10.7. The Morgan fingerprint density at radius 3 is 1.90 bits per heavy atom. The lowest BCUT2D eigenvalue weighted by atomic mass is 9.98. The minimum Gasteiger partial charge on any atom is -0.298 e. The Labute approximate surface area is 170 Å². The summed E-state index contributed by atoms with van der Waals surface area (Å²) in [4.78, 5) is 25.0. The van der Waals surface area contributed by atoms with E-state index in [1.54, 1.807) is 12.1 Å². The van der Waals surface area contributed by atoms with Crippen LogP contribution in [0.1, 0.15) is 21.5 Å². The third-order valence-electron chi connectivity index (χ3n) is 4.67. The molecule has 0 saturated carbocycles. The largest absolute Gasteiger partial charge is 0.298 e. The Bertz CT molecular complexity index is 1010. The molecule has 0 saturated heterocycles. The molecule has 3 aromatic carbocycles. The van der Waals surface area contributed by atoms with Gasteiger partial charge in [-0.3, -0.25) is 19.8 Å². The molecule has 146 valence electrons. The molecule has 0 amide bonds. The number of nitro benzene ring substituents is 1. The summed E-state index contributed by atoms with van der Waals surface area (Å²) >= 11 is 0. The van der Waals surface area contributed by atoms with E-state index in [0.717, 1.165) is 24.2 Å². The maximum Gasteiger partial charge on any atom is 0.269 e. The van der Waals surface area contributed by atoms with Crippen molar-refractivity contribution in [1.29, 1.82) is 0 Å². The minimum absolute atomic E-state index is 0.0315. The lowest BCUT2D eigenvalue weighted by molar-refractivity contribution is -0.384. The molecule has 0 aliphatic heterocycles. The predicted octanol–water partition coefficient (Wildman–Crippen LogP) is 5.11. The zero-order valence-electron chi connectivity index (χ0n) is 16.2. The van der Waals surface area contributed by atoms with Crippen LogP contribution < -0.4 is 0 Å². The number of carbonyl (C=O) groups excluding carboxylic acids is 1. The second-order valence-corrected chi connectivity index (χ2v) is 6.89. The molecule has 3 rings (SSSR count). The highest BCUT2D eigenvalue weighted by atomic mass is 16.6.